The lowest BCUT2D eigenvalue weighted by atomic mass is 9.95. The Kier molecular flexibility index (Phi) is 6.14. The molecule has 0 fully saturated rings. The summed E-state index contributed by atoms with van der Waals surface area (Å²) in [4.78, 5) is 26.4. The summed E-state index contributed by atoms with van der Waals surface area (Å²) >= 11 is 0. The third kappa shape index (κ3) is 4.03. The van der Waals surface area contributed by atoms with Gasteiger partial charge in [-0.2, -0.15) is 5.26 Å². The average Bonchev–Trinajstić information content (AvgIpc) is 2.83. The Balaban J connectivity index is 1.95. The van der Waals surface area contributed by atoms with Gasteiger partial charge in [0.05, 0.1) is 23.9 Å². The minimum atomic E-state index is -0.404. The van der Waals surface area contributed by atoms with E-state index in [2.05, 4.69) is 6.07 Å². The van der Waals surface area contributed by atoms with Crippen LogP contribution in [0.1, 0.15) is 30.2 Å². The van der Waals surface area contributed by atoms with Gasteiger partial charge in [0.1, 0.15) is 0 Å². The zero-order chi connectivity index (χ0) is 22.5. The molecule has 4 aromatic rings. The van der Waals surface area contributed by atoms with Gasteiger partial charge >= 0.3 is 5.69 Å². The maximum Gasteiger partial charge on any atom is 0.336 e. The molecule has 5 nitrogen and oxygen atoms in total. The lowest BCUT2D eigenvalue weighted by Gasteiger charge is -2.18. The van der Waals surface area contributed by atoms with Crippen LogP contribution in [0.15, 0.2) is 94.5 Å². The van der Waals surface area contributed by atoms with Gasteiger partial charge in [-0.1, -0.05) is 74.0 Å². The van der Waals surface area contributed by atoms with Crippen LogP contribution in [0.25, 0.3) is 16.8 Å². The predicted octanol–water partition coefficient (Wildman–Crippen LogP) is 4.54. The molecular weight excluding hydrogens is 398 g/mol. The lowest BCUT2D eigenvalue weighted by molar-refractivity contribution is 0.631. The molecule has 0 spiro atoms. The maximum absolute atomic E-state index is 13.6. The summed E-state index contributed by atoms with van der Waals surface area (Å²) in [7, 11) is 0. The summed E-state index contributed by atoms with van der Waals surface area (Å²) in [6.45, 7) is 2.21. The fourth-order valence-electron chi connectivity index (χ4n) is 3.98. The van der Waals surface area contributed by atoms with Gasteiger partial charge < -0.3 is 0 Å². The fourth-order valence-corrected chi connectivity index (χ4v) is 3.98. The van der Waals surface area contributed by atoms with Crippen molar-refractivity contribution in [3.63, 3.8) is 0 Å². The monoisotopic (exact) mass is 421 g/mol. The van der Waals surface area contributed by atoms with Crippen LogP contribution < -0.4 is 11.2 Å². The molecule has 0 aliphatic carbocycles. The summed E-state index contributed by atoms with van der Waals surface area (Å²) in [6, 6.07) is 28.1. The van der Waals surface area contributed by atoms with E-state index in [1.54, 1.807) is 34.9 Å². The molecule has 3 aromatic carbocycles. The quantitative estimate of drug-likeness (QED) is 0.459. The van der Waals surface area contributed by atoms with Crippen molar-refractivity contribution in [3.05, 3.63) is 123 Å². The first kappa shape index (κ1) is 21.1. The molecule has 4 rings (SSSR count). The molecule has 0 bridgehead atoms. The molecule has 0 aliphatic rings. The highest BCUT2D eigenvalue weighted by Gasteiger charge is 2.17. The van der Waals surface area contributed by atoms with Crippen molar-refractivity contribution in [1.29, 1.82) is 5.26 Å². The second-order valence-electron chi connectivity index (χ2n) is 7.57. The van der Waals surface area contributed by atoms with E-state index in [1.807, 2.05) is 55.5 Å². The van der Waals surface area contributed by atoms with E-state index in [0.717, 1.165) is 23.1 Å². The van der Waals surface area contributed by atoms with Crippen LogP contribution in [-0.4, -0.2) is 9.13 Å². The molecule has 5 heteroatoms. The molecule has 0 unspecified atom stereocenters. The first-order valence-electron chi connectivity index (χ1n) is 10.6. The highest BCUT2D eigenvalue weighted by Crippen LogP contribution is 2.27. The molecule has 0 atom stereocenters. The van der Waals surface area contributed by atoms with Crippen molar-refractivity contribution >= 4 is 0 Å². The summed E-state index contributed by atoms with van der Waals surface area (Å²) in [5, 5.41) is 9.79. The molecule has 158 valence electrons. The van der Waals surface area contributed by atoms with Gasteiger partial charge in [0.2, 0.25) is 0 Å². The van der Waals surface area contributed by atoms with E-state index >= 15 is 0 Å². The Morgan fingerprint density at radius 3 is 2.22 bits per heavy atom. The highest BCUT2D eigenvalue weighted by atomic mass is 16.2. The van der Waals surface area contributed by atoms with Crippen LogP contribution in [0.3, 0.4) is 0 Å². The van der Waals surface area contributed by atoms with Crippen molar-refractivity contribution in [2.45, 2.75) is 26.3 Å². The van der Waals surface area contributed by atoms with Crippen molar-refractivity contribution in [1.82, 2.24) is 9.13 Å². The topological polar surface area (TPSA) is 67.8 Å². The number of hydrogen-bond donors (Lipinski definition) is 0. The summed E-state index contributed by atoms with van der Waals surface area (Å²) in [5.74, 6) is 0. The van der Waals surface area contributed by atoms with E-state index in [-0.39, 0.29) is 12.1 Å². The smallest absolute Gasteiger partial charge is 0.293 e. The summed E-state index contributed by atoms with van der Waals surface area (Å²) < 4.78 is 2.82. The highest BCUT2D eigenvalue weighted by molar-refractivity contribution is 5.70. The van der Waals surface area contributed by atoms with Gasteiger partial charge in [0.25, 0.3) is 5.56 Å². The van der Waals surface area contributed by atoms with E-state index in [1.165, 1.54) is 10.6 Å². The predicted molar refractivity (Wildman–Crippen MR) is 126 cm³/mol. The number of aromatic nitrogens is 2. The third-order valence-corrected chi connectivity index (χ3v) is 5.50. The SMILES string of the molecule is CCCc1cc(=O)n(-c2ccccc2)c(=O)n1Cc1c(C#N)cccc1-c1ccccc1. The van der Waals surface area contributed by atoms with Crippen LogP contribution in [0.4, 0.5) is 0 Å². The van der Waals surface area contributed by atoms with Gasteiger partial charge in [-0.3, -0.25) is 9.36 Å². The Labute approximate surface area is 186 Å². The van der Waals surface area contributed by atoms with E-state index in [9.17, 15) is 14.9 Å². The molecule has 0 amide bonds. The number of aryl methyl sites for hydroxylation is 1. The second-order valence-corrected chi connectivity index (χ2v) is 7.57. The minimum absolute atomic E-state index is 0.204. The zero-order valence-electron chi connectivity index (χ0n) is 17.9. The second kappa shape index (κ2) is 9.32. The molecule has 0 aliphatic heterocycles. The number of hydrogen-bond acceptors (Lipinski definition) is 3. The normalized spacial score (nSPS) is 10.6. The first-order chi connectivity index (χ1) is 15.6. The molecule has 1 aromatic heterocycles. The summed E-state index contributed by atoms with van der Waals surface area (Å²) in [5.41, 5.74) is 3.59. The number of benzene rings is 3. The third-order valence-electron chi connectivity index (χ3n) is 5.50. The van der Waals surface area contributed by atoms with Crippen LogP contribution in [0.2, 0.25) is 0 Å². The molecule has 0 saturated heterocycles. The van der Waals surface area contributed by atoms with Gasteiger partial charge in [-0.15, -0.1) is 0 Å². The van der Waals surface area contributed by atoms with Crippen molar-refractivity contribution in [2.75, 3.05) is 0 Å². The molecule has 1 heterocycles. The number of rotatable bonds is 6. The van der Waals surface area contributed by atoms with Crippen molar-refractivity contribution < 1.29 is 0 Å². The van der Waals surface area contributed by atoms with Crippen molar-refractivity contribution in [2.24, 2.45) is 0 Å². The van der Waals surface area contributed by atoms with Gasteiger partial charge in [-0.05, 0) is 41.3 Å². The zero-order valence-corrected chi connectivity index (χ0v) is 17.9. The Morgan fingerprint density at radius 1 is 0.875 bits per heavy atom. The van der Waals surface area contributed by atoms with Crippen LogP contribution in [-0.2, 0) is 13.0 Å². The van der Waals surface area contributed by atoms with Gasteiger partial charge in [-0.25, -0.2) is 9.36 Å². The number of para-hydroxylation sites is 1. The fraction of sp³-hybridized carbons (Fsp3) is 0.148. The van der Waals surface area contributed by atoms with Crippen LogP contribution >= 0.6 is 0 Å². The molecular formula is C27H23N3O2. The molecule has 0 saturated carbocycles. The first-order valence-corrected chi connectivity index (χ1v) is 10.6. The van der Waals surface area contributed by atoms with E-state index < -0.39 is 5.69 Å². The number of nitrogens with zero attached hydrogens (tertiary/aromatic N) is 3. The Hall–Kier alpha value is -4.17. The number of nitriles is 1. The maximum atomic E-state index is 13.6. The standard InChI is InChI=1S/C27H23N3O2/c1-2-10-23-17-26(31)30(22-14-7-4-8-15-22)27(32)29(23)19-25-21(18-28)13-9-16-24(25)20-11-5-3-6-12-20/h3-9,11-17H,2,10,19H2,1H3. The molecule has 0 radical (unpaired) electrons. The average molecular weight is 422 g/mol. The Bertz CT molecular complexity index is 1400. The van der Waals surface area contributed by atoms with Gasteiger partial charge in [0, 0.05) is 11.8 Å². The molecule has 32 heavy (non-hydrogen) atoms. The lowest BCUT2D eigenvalue weighted by Crippen LogP contribution is -2.40. The van der Waals surface area contributed by atoms with Crippen LogP contribution in [0, 0.1) is 11.3 Å². The van der Waals surface area contributed by atoms with Crippen LogP contribution in [0.5, 0.6) is 0 Å². The van der Waals surface area contributed by atoms with E-state index in [4.69, 9.17) is 0 Å². The van der Waals surface area contributed by atoms with Crippen molar-refractivity contribution in [3.8, 4) is 22.9 Å². The Morgan fingerprint density at radius 2 is 1.56 bits per heavy atom. The van der Waals surface area contributed by atoms with E-state index in [0.29, 0.717) is 23.4 Å². The minimum Gasteiger partial charge on any atom is -0.293 e. The largest absolute Gasteiger partial charge is 0.336 e. The van der Waals surface area contributed by atoms with Gasteiger partial charge in [0.15, 0.2) is 0 Å². The molecule has 0 N–H and O–H groups in total. The summed E-state index contributed by atoms with van der Waals surface area (Å²) in [6.07, 6.45) is 1.38.